The van der Waals surface area contributed by atoms with Gasteiger partial charge in [-0.1, -0.05) is 35.3 Å². The summed E-state index contributed by atoms with van der Waals surface area (Å²) in [4.78, 5) is 26.6. The summed E-state index contributed by atoms with van der Waals surface area (Å²) >= 11 is 11.5. The van der Waals surface area contributed by atoms with Gasteiger partial charge in [0, 0.05) is 11.9 Å². The van der Waals surface area contributed by atoms with Crippen LogP contribution in [-0.2, 0) is 11.2 Å². The maximum atomic E-state index is 12.0. The molecule has 3 N–H and O–H groups in total. The van der Waals surface area contributed by atoms with E-state index < -0.39 is 5.91 Å². The molecule has 0 spiro atoms. The number of rotatable bonds is 4. The van der Waals surface area contributed by atoms with Gasteiger partial charge in [-0.05, 0) is 23.8 Å². The lowest BCUT2D eigenvalue weighted by molar-refractivity contribution is -0.117. The monoisotopic (exact) mass is 323 g/mol. The lowest BCUT2D eigenvalue weighted by atomic mass is 10.1. The van der Waals surface area contributed by atoms with E-state index in [0.29, 0.717) is 11.3 Å². The minimum Gasteiger partial charge on any atom is -0.369 e. The van der Waals surface area contributed by atoms with Crippen LogP contribution < -0.4 is 11.1 Å². The van der Waals surface area contributed by atoms with Crippen LogP contribution in [0.4, 0.5) is 5.69 Å². The first-order valence-electron chi connectivity index (χ1n) is 5.95. The molecule has 0 aliphatic rings. The molecule has 1 heterocycles. The van der Waals surface area contributed by atoms with Crippen LogP contribution in [0.15, 0.2) is 36.5 Å². The fourth-order valence-corrected chi connectivity index (χ4v) is 1.93. The van der Waals surface area contributed by atoms with E-state index >= 15 is 0 Å². The second-order valence-electron chi connectivity index (χ2n) is 4.29. The van der Waals surface area contributed by atoms with Crippen molar-refractivity contribution in [2.75, 3.05) is 5.32 Å². The topological polar surface area (TPSA) is 85.1 Å². The van der Waals surface area contributed by atoms with Crippen molar-refractivity contribution in [3.8, 4) is 0 Å². The molecule has 2 aromatic rings. The van der Waals surface area contributed by atoms with Gasteiger partial charge in [-0.15, -0.1) is 0 Å². The number of carbonyl (C=O) groups excluding carboxylic acids is 2. The third kappa shape index (κ3) is 4.18. The Balaban J connectivity index is 2.08. The molecule has 21 heavy (non-hydrogen) atoms. The van der Waals surface area contributed by atoms with Gasteiger partial charge in [0.25, 0.3) is 5.91 Å². The molecule has 1 aromatic carbocycles. The second kappa shape index (κ2) is 6.56. The molecule has 1 aromatic heterocycles. The first-order valence-corrected chi connectivity index (χ1v) is 6.71. The quantitative estimate of drug-likeness (QED) is 0.848. The molecular weight excluding hydrogens is 313 g/mol. The third-order valence-corrected chi connectivity index (χ3v) is 3.33. The zero-order valence-electron chi connectivity index (χ0n) is 10.8. The van der Waals surface area contributed by atoms with Gasteiger partial charge < -0.3 is 11.1 Å². The van der Waals surface area contributed by atoms with Gasteiger partial charge in [0.2, 0.25) is 5.91 Å². The molecule has 5 nitrogen and oxygen atoms in total. The molecule has 0 aliphatic carbocycles. The fourth-order valence-electron chi connectivity index (χ4n) is 1.66. The molecule has 0 atom stereocenters. The highest BCUT2D eigenvalue weighted by atomic mass is 35.5. The predicted octanol–water partition coefficient (Wildman–Crippen LogP) is 2.67. The summed E-state index contributed by atoms with van der Waals surface area (Å²) in [5.74, 6) is -0.766. The standard InChI is InChI=1S/C14H11Cl2N3O2/c15-11-6-9(7-18-13(11)16)14(21)19-10-3-1-8(2-4-10)5-12(17)20/h1-4,6-7H,5H2,(H2,17,20)(H,19,21). The van der Waals surface area contributed by atoms with Gasteiger partial charge in [-0.2, -0.15) is 0 Å². The number of nitrogens with zero attached hydrogens (tertiary/aromatic N) is 1. The molecule has 0 unspecified atom stereocenters. The minimum absolute atomic E-state index is 0.143. The zero-order valence-corrected chi connectivity index (χ0v) is 12.3. The number of benzene rings is 1. The smallest absolute Gasteiger partial charge is 0.257 e. The zero-order chi connectivity index (χ0) is 15.4. The number of hydrogen-bond donors (Lipinski definition) is 2. The second-order valence-corrected chi connectivity index (χ2v) is 5.06. The summed E-state index contributed by atoms with van der Waals surface area (Å²) in [7, 11) is 0. The Morgan fingerprint density at radius 2 is 1.86 bits per heavy atom. The fraction of sp³-hybridized carbons (Fsp3) is 0.0714. The van der Waals surface area contributed by atoms with Crippen LogP contribution in [0.25, 0.3) is 0 Å². The number of halogens is 2. The van der Waals surface area contributed by atoms with E-state index in [2.05, 4.69) is 10.3 Å². The summed E-state index contributed by atoms with van der Waals surface area (Å²) in [6.45, 7) is 0. The van der Waals surface area contributed by atoms with Crippen molar-refractivity contribution < 1.29 is 9.59 Å². The molecule has 2 rings (SSSR count). The van der Waals surface area contributed by atoms with Crippen molar-refractivity contribution >= 4 is 40.7 Å². The van der Waals surface area contributed by atoms with Crippen molar-refractivity contribution in [3.05, 3.63) is 57.8 Å². The molecule has 0 saturated heterocycles. The van der Waals surface area contributed by atoms with Gasteiger partial charge in [0.1, 0.15) is 5.15 Å². The van der Waals surface area contributed by atoms with E-state index in [9.17, 15) is 9.59 Å². The molecule has 0 saturated carbocycles. The van der Waals surface area contributed by atoms with Crippen molar-refractivity contribution in [3.63, 3.8) is 0 Å². The lowest BCUT2D eigenvalue weighted by Gasteiger charge is -2.06. The van der Waals surface area contributed by atoms with E-state index in [1.807, 2.05) is 0 Å². The van der Waals surface area contributed by atoms with Crippen LogP contribution in [-0.4, -0.2) is 16.8 Å². The number of carbonyl (C=O) groups is 2. The maximum absolute atomic E-state index is 12.0. The molecule has 0 radical (unpaired) electrons. The number of aromatic nitrogens is 1. The van der Waals surface area contributed by atoms with Gasteiger partial charge >= 0.3 is 0 Å². The SMILES string of the molecule is NC(=O)Cc1ccc(NC(=O)c2cnc(Cl)c(Cl)c2)cc1. The average Bonchev–Trinajstić information content (AvgIpc) is 2.43. The van der Waals surface area contributed by atoms with E-state index in [1.54, 1.807) is 24.3 Å². The molecule has 2 amide bonds. The Labute approximate surface area is 131 Å². The number of anilines is 1. The summed E-state index contributed by atoms with van der Waals surface area (Å²) in [6.07, 6.45) is 1.50. The number of pyridine rings is 1. The Morgan fingerprint density at radius 1 is 1.19 bits per heavy atom. The van der Waals surface area contributed by atoms with Crippen molar-refractivity contribution in [1.29, 1.82) is 0 Å². The number of nitrogens with one attached hydrogen (secondary N) is 1. The van der Waals surface area contributed by atoms with Crippen molar-refractivity contribution in [2.24, 2.45) is 5.73 Å². The molecule has 0 bridgehead atoms. The highest BCUT2D eigenvalue weighted by molar-refractivity contribution is 6.41. The molecule has 108 valence electrons. The molecule has 0 aliphatic heterocycles. The van der Waals surface area contributed by atoms with Gasteiger partial charge in [0.05, 0.1) is 17.0 Å². The van der Waals surface area contributed by atoms with E-state index in [-0.39, 0.29) is 22.5 Å². The molecule has 7 heteroatoms. The van der Waals surface area contributed by atoms with Crippen molar-refractivity contribution in [2.45, 2.75) is 6.42 Å². The summed E-state index contributed by atoms with van der Waals surface area (Å²) in [5, 5.41) is 3.04. The largest absolute Gasteiger partial charge is 0.369 e. The number of hydrogen-bond acceptors (Lipinski definition) is 3. The highest BCUT2D eigenvalue weighted by Gasteiger charge is 2.09. The summed E-state index contributed by atoms with van der Waals surface area (Å²) in [5.41, 5.74) is 6.76. The van der Waals surface area contributed by atoms with Crippen LogP contribution >= 0.6 is 23.2 Å². The van der Waals surface area contributed by atoms with E-state index in [0.717, 1.165) is 5.56 Å². The third-order valence-electron chi connectivity index (χ3n) is 2.65. The van der Waals surface area contributed by atoms with Crippen LogP contribution in [0, 0.1) is 0 Å². The maximum Gasteiger partial charge on any atom is 0.257 e. The van der Waals surface area contributed by atoms with E-state index in [4.69, 9.17) is 28.9 Å². The molecule has 0 fully saturated rings. The van der Waals surface area contributed by atoms with Crippen molar-refractivity contribution in [1.82, 2.24) is 4.98 Å². The first kappa shape index (κ1) is 15.3. The van der Waals surface area contributed by atoms with E-state index in [1.165, 1.54) is 12.3 Å². The highest BCUT2D eigenvalue weighted by Crippen LogP contribution is 2.20. The number of primary amides is 1. The van der Waals surface area contributed by atoms with Gasteiger partial charge in [-0.25, -0.2) is 4.98 Å². The summed E-state index contributed by atoms with van der Waals surface area (Å²) in [6, 6.07) is 8.23. The van der Waals surface area contributed by atoms with Crippen LogP contribution in [0.2, 0.25) is 10.2 Å². The first-order chi connectivity index (χ1) is 9.95. The number of amides is 2. The summed E-state index contributed by atoms with van der Waals surface area (Å²) < 4.78 is 0. The Bertz CT molecular complexity index is 687. The normalized spacial score (nSPS) is 10.2. The molecular formula is C14H11Cl2N3O2. The van der Waals surface area contributed by atoms with Crippen LogP contribution in [0.3, 0.4) is 0 Å². The minimum atomic E-state index is -0.409. The lowest BCUT2D eigenvalue weighted by Crippen LogP contribution is -2.14. The van der Waals surface area contributed by atoms with Gasteiger partial charge in [-0.3, -0.25) is 9.59 Å². The average molecular weight is 324 g/mol. The predicted molar refractivity (Wildman–Crippen MR) is 81.6 cm³/mol. The Morgan fingerprint density at radius 3 is 2.43 bits per heavy atom. The number of nitrogens with two attached hydrogens (primary N) is 1. The Hall–Kier alpha value is -2.11. The Kier molecular flexibility index (Phi) is 4.77. The van der Waals surface area contributed by atoms with Crippen LogP contribution in [0.5, 0.6) is 0 Å². The van der Waals surface area contributed by atoms with Gasteiger partial charge in [0.15, 0.2) is 0 Å². The van der Waals surface area contributed by atoms with Crippen LogP contribution in [0.1, 0.15) is 15.9 Å².